The molecule has 0 bridgehead atoms. The zero-order chi connectivity index (χ0) is 24.6. The smallest absolute Gasteiger partial charge is 0.304 e. The average molecular weight is 487 g/mol. The second-order valence-electron chi connectivity index (χ2n) is 8.97. The van der Waals surface area contributed by atoms with Crippen LogP contribution in [0.5, 0.6) is 0 Å². The van der Waals surface area contributed by atoms with Gasteiger partial charge >= 0.3 is 5.97 Å². The number of aryl methyl sites for hydroxylation is 1. The van der Waals surface area contributed by atoms with Crippen LogP contribution < -0.4 is 5.32 Å². The Morgan fingerprint density at radius 1 is 1.09 bits per heavy atom. The van der Waals surface area contributed by atoms with Gasteiger partial charge in [-0.3, -0.25) is 9.59 Å². The van der Waals surface area contributed by atoms with E-state index in [1.165, 1.54) is 0 Å². The summed E-state index contributed by atoms with van der Waals surface area (Å²) in [5, 5.41) is 12.8. The molecule has 1 unspecified atom stereocenters. The SMILES string of the molecule is C[N+]1(C)OC(c2ccccc2)N=C1CCCNC(=O)[C@H](CCCc1ccc(Cl)cc1)CC(=O)O. The highest BCUT2D eigenvalue weighted by atomic mass is 35.5. The Hall–Kier alpha value is -2.74. The van der Waals surface area contributed by atoms with E-state index in [0.29, 0.717) is 30.8 Å². The Morgan fingerprint density at radius 2 is 1.79 bits per heavy atom. The van der Waals surface area contributed by atoms with E-state index >= 15 is 0 Å². The van der Waals surface area contributed by atoms with Crippen LogP contribution in [0.4, 0.5) is 0 Å². The average Bonchev–Trinajstić information content (AvgIpc) is 3.11. The number of amides is 1. The highest BCUT2D eigenvalue weighted by Crippen LogP contribution is 2.30. The van der Waals surface area contributed by atoms with Crippen molar-refractivity contribution in [2.45, 2.75) is 44.8 Å². The van der Waals surface area contributed by atoms with E-state index in [-0.39, 0.29) is 23.2 Å². The number of carbonyl (C=O) groups is 2. The second-order valence-corrected chi connectivity index (χ2v) is 9.41. The van der Waals surface area contributed by atoms with Gasteiger partial charge in [-0.2, -0.15) is 9.83 Å². The van der Waals surface area contributed by atoms with Gasteiger partial charge in [0.2, 0.25) is 18.0 Å². The lowest BCUT2D eigenvalue weighted by Gasteiger charge is -2.22. The number of carbonyl (C=O) groups excluding carboxylic acids is 1. The summed E-state index contributed by atoms with van der Waals surface area (Å²) in [5.74, 6) is -0.811. The molecule has 0 radical (unpaired) electrons. The van der Waals surface area contributed by atoms with Crippen molar-refractivity contribution in [1.29, 1.82) is 0 Å². The number of carboxylic acid groups (broad SMARTS) is 1. The van der Waals surface area contributed by atoms with Crippen LogP contribution in [-0.4, -0.2) is 48.1 Å². The number of halogens is 1. The maximum absolute atomic E-state index is 12.7. The first-order chi connectivity index (χ1) is 16.2. The normalized spacial score (nSPS) is 17.7. The lowest BCUT2D eigenvalue weighted by molar-refractivity contribution is -1.00. The van der Waals surface area contributed by atoms with Crippen LogP contribution >= 0.6 is 11.6 Å². The van der Waals surface area contributed by atoms with E-state index in [2.05, 4.69) is 5.32 Å². The number of aliphatic carboxylic acids is 1. The van der Waals surface area contributed by atoms with Crippen molar-refractivity contribution in [3.05, 3.63) is 70.7 Å². The quantitative estimate of drug-likeness (QED) is 0.334. The molecule has 0 fully saturated rings. The number of benzene rings is 2. The number of hydrogen-bond acceptors (Lipinski definition) is 4. The lowest BCUT2D eigenvalue weighted by atomic mass is 9.95. The highest BCUT2D eigenvalue weighted by Gasteiger charge is 2.38. The van der Waals surface area contributed by atoms with Gasteiger partial charge in [-0.25, -0.2) is 0 Å². The summed E-state index contributed by atoms with van der Waals surface area (Å²) >= 11 is 5.91. The molecule has 182 valence electrons. The highest BCUT2D eigenvalue weighted by molar-refractivity contribution is 6.30. The van der Waals surface area contributed by atoms with Gasteiger partial charge < -0.3 is 10.4 Å². The van der Waals surface area contributed by atoms with Crippen molar-refractivity contribution >= 4 is 29.3 Å². The van der Waals surface area contributed by atoms with Crippen molar-refractivity contribution in [3.63, 3.8) is 0 Å². The Labute approximate surface area is 205 Å². The molecule has 0 saturated carbocycles. The van der Waals surface area contributed by atoms with E-state index in [0.717, 1.165) is 29.8 Å². The number of amidine groups is 1. The van der Waals surface area contributed by atoms with Gasteiger partial charge in [-0.1, -0.05) is 54.1 Å². The van der Waals surface area contributed by atoms with Gasteiger partial charge in [0.05, 0.1) is 6.42 Å². The van der Waals surface area contributed by atoms with Crippen LogP contribution in [0.3, 0.4) is 0 Å². The number of rotatable bonds is 12. The molecule has 1 aliphatic rings. The van der Waals surface area contributed by atoms with Gasteiger partial charge in [0, 0.05) is 29.5 Å². The van der Waals surface area contributed by atoms with Gasteiger partial charge in [-0.05, 0) is 43.4 Å². The number of nitrogens with one attached hydrogen (secondary N) is 1. The Bertz CT molecular complexity index is 993. The molecule has 2 atom stereocenters. The van der Waals surface area contributed by atoms with Crippen LogP contribution in [0, 0.1) is 5.92 Å². The molecule has 7 nitrogen and oxygen atoms in total. The number of quaternary nitrogens is 1. The maximum Gasteiger partial charge on any atom is 0.304 e. The fourth-order valence-electron chi connectivity index (χ4n) is 4.04. The van der Waals surface area contributed by atoms with Crippen molar-refractivity contribution in [2.75, 3.05) is 20.6 Å². The third-order valence-corrected chi connectivity index (χ3v) is 6.19. The summed E-state index contributed by atoms with van der Waals surface area (Å²) in [6, 6.07) is 17.4. The summed E-state index contributed by atoms with van der Waals surface area (Å²) in [5.41, 5.74) is 2.13. The molecule has 1 aliphatic heterocycles. The molecule has 3 rings (SSSR count). The Balaban J connectivity index is 1.46. The van der Waals surface area contributed by atoms with E-state index in [9.17, 15) is 14.7 Å². The topological polar surface area (TPSA) is 88.0 Å². The van der Waals surface area contributed by atoms with E-state index in [4.69, 9.17) is 21.4 Å². The predicted octanol–water partition coefficient (Wildman–Crippen LogP) is 4.77. The number of nitrogens with zero attached hydrogens (tertiary/aromatic N) is 2. The summed E-state index contributed by atoms with van der Waals surface area (Å²) < 4.78 is 0.250. The fourth-order valence-corrected chi connectivity index (χ4v) is 4.16. The van der Waals surface area contributed by atoms with E-state index in [1.54, 1.807) is 0 Å². The van der Waals surface area contributed by atoms with Gasteiger partial charge in [0.25, 0.3) is 0 Å². The third kappa shape index (κ3) is 7.65. The minimum absolute atomic E-state index is 0.171. The molecule has 34 heavy (non-hydrogen) atoms. The van der Waals surface area contributed by atoms with Crippen LogP contribution in [0.25, 0.3) is 0 Å². The molecule has 8 heteroatoms. The van der Waals surface area contributed by atoms with Crippen molar-refractivity contribution in [1.82, 2.24) is 5.32 Å². The molecule has 1 amide bonds. The monoisotopic (exact) mass is 486 g/mol. The molecule has 2 aromatic rings. The van der Waals surface area contributed by atoms with Crippen molar-refractivity contribution in [2.24, 2.45) is 10.9 Å². The Kier molecular flexibility index (Phi) is 9.21. The predicted molar refractivity (Wildman–Crippen MR) is 132 cm³/mol. The van der Waals surface area contributed by atoms with Gasteiger partial charge in [-0.15, -0.1) is 4.65 Å². The zero-order valence-corrected chi connectivity index (χ0v) is 20.5. The maximum atomic E-state index is 12.7. The molecule has 0 saturated heterocycles. The van der Waals surface area contributed by atoms with Crippen LogP contribution in [0.2, 0.25) is 5.02 Å². The number of hydroxylamine groups is 3. The minimum Gasteiger partial charge on any atom is -0.481 e. The van der Waals surface area contributed by atoms with E-state index < -0.39 is 11.9 Å². The first kappa shape index (κ1) is 25.9. The van der Waals surface area contributed by atoms with Crippen LogP contribution in [0.15, 0.2) is 59.6 Å². The lowest BCUT2D eigenvalue weighted by Crippen LogP contribution is -2.41. The van der Waals surface area contributed by atoms with Crippen molar-refractivity contribution < 1.29 is 24.2 Å². The van der Waals surface area contributed by atoms with E-state index in [1.807, 2.05) is 68.7 Å². The Morgan fingerprint density at radius 3 is 2.47 bits per heavy atom. The summed E-state index contributed by atoms with van der Waals surface area (Å²) in [4.78, 5) is 34.8. The summed E-state index contributed by atoms with van der Waals surface area (Å²) in [6.45, 7) is 0.459. The van der Waals surface area contributed by atoms with Gasteiger partial charge in [0.15, 0.2) is 0 Å². The standard InChI is InChI=1S/C26H32ClN3O4/c1-30(2)23(29-26(34-30)20-9-4-3-5-10-20)12-7-17-28-25(33)21(18-24(31)32)11-6-8-19-13-15-22(27)16-14-19/h3-5,9-10,13-16,21,26H,6-8,11-12,17-18H2,1-2H3,(H-,28,31,32,33)/p+1/t21-,26?/m1/s1. The second kappa shape index (κ2) is 12.1. The van der Waals surface area contributed by atoms with Crippen LogP contribution in [0.1, 0.15) is 49.5 Å². The zero-order valence-electron chi connectivity index (χ0n) is 19.7. The summed E-state index contributed by atoms with van der Waals surface area (Å²) in [6.07, 6.45) is 2.89. The fraction of sp³-hybridized carbons (Fsp3) is 0.423. The number of aliphatic imine (C=N–C) groups is 1. The van der Waals surface area contributed by atoms with Crippen molar-refractivity contribution in [3.8, 4) is 0 Å². The molecule has 2 N–H and O–H groups in total. The third-order valence-electron chi connectivity index (χ3n) is 5.94. The minimum atomic E-state index is -0.963. The summed E-state index contributed by atoms with van der Waals surface area (Å²) in [7, 11) is 3.90. The first-order valence-corrected chi connectivity index (χ1v) is 12.0. The molecule has 0 spiro atoms. The number of carboxylic acids is 1. The molecular weight excluding hydrogens is 454 g/mol. The largest absolute Gasteiger partial charge is 0.481 e. The molecule has 2 aromatic carbocycles. The molecule has 0 aliphatic carbocycles. The molecular formula is C26H33ClN3O4+. The van der Waals surface area contributed by atoms with Crippen LogP contribution in [-0.2, 0) is 20.8 Å². The number of hydrogen-bond donors (Lipinski definition) is 2. The first-order valence-electron chi connectivity index (χ1n) is 11.6. The van der Waals surface area contributed by atoms with Gasteiger partial charge in [0.1, 0.15) is 14.1 Å². The molecule has 1 heterocycles. The molecule has 0 aromatic heterocycles.